The van der Waals surface area contributed by atoms with Gasteiger partial charge in [-0.1, -0.05) is 12.1 Å². The zero-order chi connectivity index (χ0) is 16.1. The lowest BCUT2D eigenvalue weighted by Crippen LogP contribution is -2.31. The van der Waals surface area contributed by atoms with Gasteiger partial charge in [0.2, 0.25) is 5.91 Å². The Labute approximate surface area is 138 Å². The third kappa shape index (κ3) is 4.02. The maximum absolute atomic E-state index is 13.2. The maximum atomic E-state index is 13.2. The number of carbonyl (C=O) groups excluding carboxylic acids is 1. The van der Waals surface area contributed by atoms with Gasteiger partial charge in [-0.2, -0.15) is 0 Å². The van der Waals surface area contributed by atoms with Gasteiger partial charge in [-0.3, -0.25) is 9.78 Å². The SMILES string of the molecule is O=C(Cc1cccs1)N(Cc1cccnc1)c1ccc(F)cc1. The van der Waals surface area contributed by atoms with E-state index >= 15 is 0 Å². The number of carbonyl (C=O) groups is 1. The Kier molecular flexibility index (Phi) is 4.78. The fourth-order valence-corrected chi connectivity index (χ4v) is 2.97. The number of nitrogens with zero attached hydrogens (tertiary/aromatic N) is 2. The molecule has 0 fully saturated rings. The first-order valence-corrected chi connectivity index (χ1v) is 8.07. The second kappa shape index (κ2) is 7.15. The Morgan fingerprint density at radius 1 is 1.13 bits per heavy atom. The van der Waals surface area contributed by atoms with Crippen molar-refractivity contribution in [2.24, 2.45) is 0 Å². The van der Waals surface area contributed by atoms with Gasteiger partial charge in [0.05, 0.1) is 13.0 Å². The maximum Gasteiger partial charge on any atom is 0.232 e. The van der Waals surface area contributed by atoms with Crippen molar-refractivity contribution in [3.05, 3.63) is 82.6 Å². The van der Waals surface area contributed by atoms with Gasteiger partial charge < -0.3 is 4.90 Å². The van der Waals surface area contributed by atoms with E-state index in [-0.39, 0.29) is 11.7 Å². The molecule has 0 atom stereocenters. The van der Waals surface area contributed by atoms with Crippen LogP contribution in [-0.4, -0.2) is 10.9 Å². The molecule has 1 aromatic carbocycles. The topological polar surface area (TPSA) is 33.2 Å². The Morgan fingerprint density at radius 3 is 2.61 bits per heavy atom. The molecular weight excluding hydrogens is 311 g/mol. The molecule has 0 saturated carbocycles. The smallest absolute Gasteiger partial charge is 0.232 e. The number of benzene rings is 1. The van der Waals surface area contributed by atoms with Crippen molar-refractivity contribution < 1.29 is 9.18 Å². The zero-order valence-electron chi connectivity index (χ0n) is 12.4. The lowest BCUT2D eigenvalue weighted by atomic mass is 10.2. The molecule has 0 aliphatic rings. The molecule has 0 unspecified atom stereocenters. The normalized spacial score (nSPS) is 10.5. The van der Waals surface area contributed by atoms with Gasteiger partial charge in [-0.25, -0.2) is 4.39 Å². The van der Waals surface area contributed by atoms with Crippen LogP contribution in [0.15, 0.2) is 66.3 Å². The quantitative estimate of drug-likeness (QED) is 0.708. The van der Waals surface area contributed by atoms with Crippen LogP contribution in [0.1, 0.15) is 10.4 Å². The summed E-state index contributed by atoms with van der Waals surface area (Å²) in [6.45, 7) is 0.406. The minimum atomic E-state index is -0.319. The third-order valence-corrected chi connectivity index (χ3v) is 4.28. The molecule has 3 nitrogen and oxygen atoms in total. The van der Waals surface area contributed by atoms with Crippen molar-refractivity contribution in [2.45, 2.75) is 13.0 Å². The average Bonchev–Trinajstić information content (AvgIpc) is 3.07. The van der Waals surface area contributed by atoms with Crippen LogP contribution in [0.25, 0.3) is 0 Å². The van der Waals surface area contributed by atoms with Crippen LogP contribution in [0.2, 0.25) is 0 Å². The van der Waals surface area contributed by atoms with E-state index in [0.29, 0.717) is 18.7 Å². The standard InChI is InChI=1S/C18H15FN2OS/c19-15-5-7-16(8-6-15)21(13-14-3-1-9-20-12-14)18(22)11-17-4-2-10-23-17/h1-10,12H,11,13H2. The molecule has 0 N–H and O–H groups in total. The highest BCUT2D eigenvalue weighted by molar-refractivity contribution is 7.10. The molecular formula is C18H15FN2OS. The van der Waals surface area contributed by atoms with E-state index in [1.54, 1.807) is 40.8 Å². The van der Waals surface area contributed by atoms with E-state index in [2.05, 4.69) is 4.98 Å². The summed E-state index contributed by atoms with van der Waals surface area (Å²) in [5, 5.41) is 1.95. The number of hydrogen-bond donors (Lipinski definition) is 0. The number of anilines is 1. The molecule has 2 heterocycles. The summed E-state index contributed by atoms with van der Waals surface area (Å²) in [6, 6.07) is 13.6. The van der Waals surface area contributed by atoms with E-state index in [0.717, 1.165) is 10.4 Å². The van der Waals surface area contributed by atoms with E-state index in [4.69, 9.17) is 0 Å². The largest absolute Gasteiger partial charge is 0.308 e. The van der Waals surface area contributed by atoms with E-state index in [1.165, 1.54) is 12.1 Å². The van der Waals surface area contributed by atoms with Crippen LogP contribution in [0.4, 0.5) is 10.1 Å². The molecule has 0 radical (unpaired) electrons. The highest BCUT2D eigenvalue weighted by Crippen LogP contribution is 2.20. The minimum absolute atomic E-state index is 0.0251. The van der Waals surface area contributed by atoms with Crippen LogP contribution in [-0.2, 0) is 17.8 Å². The molecule has 0 aliphatic carbocycles. The summed E-state index contributed by atoms with van der Waals surface area (Å²) >= 11 is 1.55. The van der Waals surface area contributed by atoms with Crippen molar-refractivity contribution in [1.82, 2.24) is 4.98 Å². The van der Waals surface area contributed by atoms with Crippen molar-refractivity contribution in [3.8, 4) is 0 Å². The summed E-state index contributed by atoms with van der Waals surface area (Å²) in [6.07, 6.45) is 3.75. The molecule has 0 spiro atoms. The lowest BCUT2D eigenvalue weighted by Gasteiger charge is -2.23. The van der Waals surface area contributed by atoms with Crippen LogP contribution >= 0.6 is 11.3 Å². The van der Waals surface area contributed by atoms with Crippen molar-refractivity contribution in [2.75, 3.05) is 4.90 Å². The Balaban J connectivity index is 1.86. The first kappa shape index (κ1) is 15.4. The van der Waals surface area contributed by atoms with Gasteiger partial charge in [0, 0.05) is 23.0 Å². The van der Waals surface area contributed by atoms with Gasteiger partial charge in [0.25, 0.3) is 0 Å². The number of hydrogen-bond acceptors (Lipinski definition) is 3. The molecule has 3 rings (SSSR count). The lowest BCUT2D eigenvalue weighted by molar-refractivity contribution is -0.118. The predicted octanol–water partition coefficient (Wildman–Crippen LogP) is 4.06. The highest BCUT2D eigenvalue weighted by atomic mass is 32.1. The minimum Gasteiger partial charge on any atom is -0.308 e. The number of halogens is 1. The van der Waals surface area contributed by atoms with Crippen molar-refractivity contribution in [3.63, 3.8) is 0 Å². The first-order valence-electron chi connectivity index (χ1n) is 7.19. The number of thiophene rings is 1. The molecule has 3 aromatic rings. The molecule has 2 aromatic heterocycles. The second-order valence-corrected chi connectivity index (χ2v) is 6.11. The van der Waals surface area contributed by atoms with Crippen LogP contribution < -0.4 is 4.90 Å². The van der Waals surface area contributed by atoms with E-state index in [9.17, 15) is 9.18 Å². The molecule has 116 valence electrons. The molecule has 1 amide bonds. The van der Waals surface area contributed by atoms with Crippen molar-refractivity contribution >= 4 is 22.9 Å². The molecule has 0 aliphatic heterocycles. The summed E-state index contributed by atoms with van der Waals surface area (Å²) < 4.78 is 13.2. The van der Waals surface area contributed by atoms with Crippen LogP contribution in [0, 0.1) is 5.82 Å². The Morgan fingerprint density at radius 2 is 1.96 bits per heavy atom. The monoisotopic (exact) mass is 326 g/mol. The van der Waals surface area contributed by atoms with Gasteiger partial charge in [-0.15, -0.1) is 11.3 Å². The fraction of sp³-hybridized carbons (Fsp3) is 0.111. The van der Waals surface area contributed by atoms with Gasteiger partial charge in [-0.05, 0) is 47.3 Å². The van der Waals surface area contributed by atoms with Gasteiger partial charge in [0.15, 0.2) is 0 Å². The Bertz CT molecular complexity index is 757. The van der Waals surface area contributed by atoms with E-state index < -0.39 is 0 Å². The average molecular weight is 326 g/mol. The van der Waals surface area contributed by atoms with Gasteiger partial charge >= 0.3 is 0 Å². The summed E-state index contributed by atoms with van der Waals surface area (Å²) in [5.41, 5.74) is 1.60. The highest BCUT2D eigenvalue weighted by Gasteiger charge is 2.17. The molecule has 0 saturated heterocycles. The van der Waals surface area contributed by atoms with Crippen LogP contribution in [0.3, 0.4) is 0 Å². The fourth-order valence-electron chi connectivity index (χ4n) is 2.28. The molecule has 23 heavy (non-hydrogen) atoms. The summed E-state index contributed by atoms with van der Waals surface area (Å²) in [7, 11) is 0. The summed E-state index contributed by atoms with van der Waals surface area (Å²) in [4.78, 5) is 19.5. The van der Waals surface area contributed by atoms with E-state index in [1.807, 2.05) is 29.6 Å². The van der Waals surface area contributed by atoms with Crippen LogP contribution in [0.5, 0.6) is 0 Å². The Hall–Kier alpha value is -2.53. The number of rotatable bonds is 5. The molecule has 0 bridgehead atoms. The number of aromatic nitrogens is 1. The zero-order valence-corrected chi connectivity index (χ0v) is 13.2. The second-order valence-electron chi connectivity index (χ2n) is 5.07. The number of pyridine rings is 1. The third-order valence-electron chi connectivity index (χ3n) is 3.41. The predicted molar refractivity (Wildman–Crippen MR) is 89.9 cm³/mol. The van der Waals surface area contributed by atoms with Crippen molar-refractivity contribution in [1.29, 1.82) is 0 Å². The number of amides is 1. The van der Waals surface area contributed by atoms with Gasteiger partial charge in [0.1, 0.15) is 5.82 Å². The summed E-state index contributed by atoms with van der Waals surface area (Å²) in [5.74, 6) is -0.344. The molecule has 5 heteroatoms. The first-order chi connectivity index (χ1) is 11.2.